The zero-order valence-electron chi connectivity index (χ0n) is 4.71. The lowest BCUT2D eigenvalue weighted by Gasteiger charge is -2.15. The molecule has 0 fully saturated rings. The van der Waals surface area contributed by atoms with Crippen molar-refractivity contribution in [3.05, 3.63) is 6.92 Å². The molecule has 0 aromatic heterocycles. The van der Waals surface area contributed by atoms with Crippen LogP contribution >= 0.6 is 23.2 Å². The second-order valence-corrected chi connectivity index (χ2v) is 3.34. The van der Waals surface area contributed by atoms with Crippen LogP contribution in [0.4, 0.5) is 8.78 Å². The second kappa shape index (κ2) is 3.57. The van der Waals surface area contributed by atoms with Crippen LogP contribution in [0.5, 0.6) is 0 Å². The zero-order valence-corrected chi connectivity index (χ0v) is 6.22. The Balaban J connectivity index is 3.58. The van der Waals surface area contributed by atoms with Crippen LogP contribution in [-0.2, 0) is 0 Å². The summed E-state index contributed by atoms with van der Waals surface area (Å²) in [6, 6.07) is 0. The molecule has 0 aromatic carbocycles. The molecule has 0 aromatic rings. The molecule has 0 heterocycles. The molecule has 0 aliphatic carbocycles. The minimum absolute atomic E-state index is 0.0977. The van der Waals surface area contributed by atoms with E-state index in [0.717, 1.165) is 0 Å². The van der Waals surface area contributed by atoms with Gasteiger partial charge in [-0.1, -0.05) is 6.92 Å². The Bertz CT molecular complexity index is 83.0. The quantitative estimate of drug-likeness (QED) is 0.579. The van der Waals surface area contributed by atoms with Gasteiger partial charge in [0.05, 0.1) is 0 Å². The van der Waals surface area contributed by atoms with Crippen LogP contribution in [0.25, 0.3) is 0 Å². The van der Waals surface area contributed by atoms with Crippen molar-refractivity contribution in [3.63, 3.8) is 0 Å². The summed E-state index contributed by atoms with van der Waals surface area (Å²) in [4.78, 5) is 0. The molecule has 0 bridgehead atoms. The van der Waals surface area contributed by atoms with Crippen LogP contribution in [-0.4, -0.2) is 10.8 Å². The highest BCUT2D eigenvalue weighted by molar-refractivity contribution is 6.48. The molecule has 0 saturated carbocycles. The molecule has 0 amide bonds. The van der Waals surface area contributed by atoms with Crippen molar-refractivity contribution in [2.45, 2.75) is 23.6 Å². The van der Waals surface area contributed by atoms with Crippen molar-refractivity contribution in [1.82, 2.24) is 0 Å². The van der Waals surface area contributed by atoms with E-state index in [1.165, 1.54) is 0 Å². The molecule has 0 rings (SSSR count). The number of hydrogen-bond donors (Lipinski definition) is 0. The predicted molar refractivity (Wildman–Crippen MR) is 35.0 cm³/mol. The molecule has 0 saturated heterocycles. The van der Waals surface area contributed by atoms with Gasteiger partial charge in [-0.3, -0.25) is 0 Å². The monoisotopic (exact) mass is 175 g/mol. The maximum absolute atomic E-state index is 11.5. The topological polar surface area (TPSA) is 0 Å². The van der Waals surface area contributed by atoms with E-state index in [1.807, 2.05) is 0 Å². The lowest BCUT2D eigenvalue weighted by atomic mass is 10.2. The molecular formula is C5H7Cl2F2. The molecule has 0 aliphatic heterocycles. The molecule has 0 unspecified atom stereocenters. The zero-order chi connectivity index (χ0) is 7.49. The SMILES string of the molecule is [CH2]CC(Cl)(Cl)CC(F)F. The third kappa shape index (κ3) is 4.91. The molecular weight excluding hydrogens is 169 g/mol. The summed E-state index contributed by atoms with van der Waals surface area (Å²) in [5.41, 5.74) is 0. The number of hydrogen-bond acceptors (Lipinski definition) is 0. The lowest BCUT2D eigenvalue weighted by Crippen LogP contribution is -2.15. The maximum Gasteiger partial charge on any atom is 0.241 e. The van der Waals surface area contributed by atoms with Gasteiger partial charge in [0.25, 0.3) is 0 Å². The summed E-state index contributed by atoms with van der Waals surface area (Å²) in [7, 11) is 0. The van der Waals surface area contributed by atoms with Gasteiger partial charge in [-0.2, -0.15) is 0 Å². The Kier molecular flexibility index (Phi) is 3.74. The fourth-order valence-electron chi connectivity index (χ4n) is 0.328. The smallest absolute Gasteiger partial charge is 0.210 e. The average molecular weight is 176 g/mol. The van der Waals surface area contributed by atoms with Crippen LogP contribution in [0, 0.1) is 6.92 Å². The van der Waals surface area contributed by atoms with E-state index >= 15 is 0 Å². The second-order valence-electron chi connectivity index (χ2n) is 1.70. The summed E-state index contributed by atoms with van der Waals surface area (Å²) >= 11 is 10.7. The van der Waals surface area contributed by atoms with Gasteiger partial charge in [0.1, 0.15) is 4.33 Å². The number of rotatable bonds is 3. The van der Waals surface area contributed by atoms with E-state index in [9.17, 15) is 8.78 Å². The highest BCUT2D eigenvalue weighted by Gasteiger charge is 2.25. The van der Waals surface area contributed by atoms with Gasteiger partial charge in [0.15, 0.2) is 0 Å². The first-order valence-corrected chi connectivity index (χ1v) is 3.19. The van der Waals surface area contributed by atoms with Crippen LogP contribution in [0.2, 0.25) is 0 Å². The maximum atomic E-state index is 11.5. The molecule has 0 spiro atoms. The summed E-state index contributed by atoms with van der Waals surface area (Å²) in [5.74, 6) is 0. The van der Waals surface area contributed by atoms with E-state index in [-0.39, 0.29) is 6.42 Å². The van der Waals surface area contributed by atoms with Crippen molar-refractivity contribution in [2.24, 2.45) is 0 Å². The Labute approximate surface area is 63.1 Å². The first-order chi connectivity index (χ1) is 3.98. The minimum Gasteiger partial charge on any atom is -0.210 e. The van der Waals surface area contributed by atoms with Gasteiger partial charge in [0, 0.05) is 6.42 Å². The Morgan fingerprint density at radius 3 is 2.00 bits per heavy atom. The molecule has 55 valence electrons. The Morgan fingerprint density at radius 2 is 1.89 bits per heavy atom. The van der Waals surface area contributed by atoms with Crippen molar-refractivity contribution < 1.29 is 8.78 Å². The summed E-state index contributed by atoms with van der Waals surface area (Å²) in [6.07, 6.45) is -2.87. The van der Waals surface area contributed by atoms with Crippen molar-refractivity contribution in [3.8, 4) is 0 Å². The highest BCUT2D eigenvalue weighted by atomic mass is 35.5. The van der Waals surface area contributed by atoms with Gasteiger partial charge < -0.3 is 0 Å². The first-order valence-electron chi connectivity index (χ1n) is 2.43. The van der Waals surface area contributed by atoms with Crippen molar-refractivity contribution >= 4 is 23.2 Å². The van der Waals surface area contributed by atoms with Crippen LogP contribution in [0.3, 0.4) is 0 Å². The third-order valence-electron chi connectivity index (χ3n) is 0.819. The van der Waals surface area contributed by atoms with E-state index in [0.29, 0.717) is 0 Å². The van der Waals surface area contributed by atoms with Gasteiger partial charge in [-0.05, 0) is 6.42 Å². The van der Waals surface area contributed by atoms with Gasteiger partial charge in [-0.15, -0.1) is 23.2 Å². The first kappa shape index (κ1) is 9.44. The largest absolute Gasteiger partial charge is 0.241 e. The van der Waals surface area contributed by atoms with E-state index < -0.39 is 17.2 Å². The van der Waals surface area contributed by atoms with Crippen LogP contribution in [0.1, 0.15) is 12.8 Å². The van der Waals surface area contributed by atoms with Gasteiger partial charge >= 0.3 is 0 Å². The van der Waals surface area contributed by atoms with Crippen molar-refractivity contribution in [2.75, 3.05) is 0 Å². The minimum atomic E-state index is -2.46. The molecule has 0 nitrogen and oxygen atoms in total. The van der Waals surface area contributed by atoms with E-state index in [4.69, 9.17) is 23.2 Å². The predicted octanol–water partition coefficient (Wildman–Crippen LogP) is 3.04. The lowest BCUT2D eigenvalue weighted by molar-refractivity contribution is 0.132. The number of halogens is 4. The highest BCUT2D eigenvalue weighted by Crippen LogP contribution is 2.31. The third-order valence-corrected chi connectivity index (χ3v) is 1.51. The average Bonchev–Trinajstić information content (AvgIpc) is 1.63. The fraction of sp³-hybridized carbons (Fsp3) is 0.800. The van der Waals surface area contributed by atoms with Crippen molar-refractivity contribution in [1.29, 1.82) is 0 Å². The fourth-order valence-corrected chi connectivity index (χ4v) is 0.561. The molecule has 9 heavy (non-hydrogen) atoms. The standard InChI is InChI=1S/C5H7Cl2F2/c1-2-5(6,7)3-4(8)9/h4H,1-3H2. The normalized spacial score (nSPS) is 12.7. The summed E-state index contributed by atoms with van der Waals surface area (Å²) in [6.45, 7) is 3.31. The molecule has 0 atom stereocenters. The summed E-state index contributed by atoms with van der Waals surface area (Å²) < 4.78 is 21.7. The molecule has 0 aliphatic rings. The Hall–Kier alpha value is 0.440. The number of alkyl halides is 4. The van der Waals surface area contributed by atoms with Gasteiger partial charge in [0.2, 0.25) is 6.43 Å². The Morgan fingerprint density at radius 1 is 1.44 bits per heavy atom. The van der Waals surface area contributed by atoms with E-state index in [1.54, 1.807) is 0 Å². The molecule has 1 radical (unpaired) electrons. The van der Waals surface area contributed by atoms with Gasteiger partial charge in [-0.25, -0.2) is 8.78 Å². The summed E-state index contributed by atoms with van der Waals surface area (Å²) in [5, 5.41) is 0. The molecule has 4 heteroatoms. The van der Waals surface area contributed by atoms with Crippen LogP contribution in [0.15, 0.2) is 0 Å². The van der Waals surface area contributed by atoms with E-state index in [2.05, 4.69) is 6.92 Å². The molecule has 0 N–H and O–H groups in total. The van der Waals surface area contributed by atoms with Crippen LogP contribution < -0.4 is 0 Å².